The average molecular weight is 1010 g/mol. The van der Waals surface area contributed by atoms with Crippen molar-refractivity contribution >= 4 is 11.9 Å². The molecule has 72 heavy (non-hydrogen) atoms. The number of hydrogen-bond acceptors (Lipinski definition) is 5. The molecule has 0 aliphatic rings. The van der Waals surface area contributed by atoms with Crippen molar-refractivity contribution in [2.24, 2.45) is 0 Å². The first-order valence-corrected chi connectivity index (χ1v) is 31.9. The van der Waals surface area contributed by atoms with E-state index in [1.165, 1.54) is 250 Å². The minimum absolute atomic E-state index is 0.00791. The number of rotatable bonds is 59. The van der Waals surface area contributed by atoms with E-state index in [4.69, 9.17) is 4.74 Å². The molecule has 0 aromatic rings. The highest BCUT2D eigenvalue weighted by Gasteiger charge is 2.18. The molecule has 2 unspecified atom stereocenters. The Kier molecular flexibility index (Phi) is 59.5. The second-order valence-corrected chi connectivity index (χ2v) is 21.7. The fourth-order valence-corrected chi connectivity index (χ4v) is 9.67. The molecule has 0 aromatic carbocycles. The summed E-state index contributed by atoms with van der Waals surface area (Å²) in [7, 11) is 0. The van der Waals surface area contributed by atoms with Crippen LogP contribution in [0.5, 0.6) is 0 Å². The zero-order valence-corrected chi connectivity index (χ0v) is 48.2. The third-order valence-electron chi connectivity index (χ3n) is 14.5. The number of hydrogen-bond donors (Lipinski definition) is 3. The number of aliphatic hydroxyl groups is 2. The summed E-state index contributed by atoms with van der Waals surface area (Å²) in [6.07, 6.45) is 78.7. The maximum Gasteiger partial charge on any atom is 0.305 e. The topological polar surface area (TPSA) is 95.9 Å². The van der Waals surface area contributed by atoms with Crippen LogP contribution in [0.3, 0.4) is 0 Å². The molecular formula is C66H123NO5. The minimum atomic E-state index is -0.851. The second-order valence-electron chi connectivity index (χ2n) is 21.7. The van der Waals surface area contributed by atoms with Crippen molar-refractivity contribution in [3.63, 3.8) is 0 Å². The van der Waals surface area contributed by atoms with Crippen LogP contribution in [-0.2, 0) is 14.3 Å². The molecule has 6 heteroatoms. The number of carbonyl (C=O) groups excluding carboxylic acids is 2. The SMILES string of the molecule is CCC/C=C\C/C=C\CCCCCCCC(=O)OCCCCCCCCCCCC/C=C\CCCCCCCCCC(=O)NC(CO)C(O)/C=C/CCCCCCCCCCCCCCCCCCCCC. The fourth-order valence-electron chi connectivity index (χ4n) is 9.67. The predicted molar refractivity (Wildman–Crippen MR) is 315 cm³/mol. The van der Waals surface area contributed by atoms with Gasteiger partial charge in [-0.05, 0) is 83.5 Å². The molecular weight excluding hydrogens is 887 g/mol. The summed E-state index contributed by atoms with van der Waals surface area (Å²) in [5.41, 5.74) is 0. The molecule has 0 rings (SSSR count). The van der Waals surface area contributed by atoms with Gasteiger partial charge in [0.05, 0.1) is 25.4 Å². The van der Waals surface area contributed by atoms with Crippen LogP contribution in [-0.4, -0.2) is 47.4 Å². The Morgan fingerprint density at radius 2 is 0.722 bits per heavy atom. The molecule has 2 atom stereocenters. The van der Waals surface area contributed by atoms with Crippen LogP contribution in [0.15, 0.2) is 48.6 Å². The van der Waals surface area contributed by atoms with Crippen LogP contribution in [0.2, 0.25) is 0 Å². The van der Waals surface area contributed by atoms with Gasteiger partial charge >= 0.3 is 5.97 Å². The van der Waals surface area contributed by atoms with E-state index in [0.29, 0.717) is 19.4 Å². The first kappa shape index (κ1) is 69.8. The van der Waals surface area contributed by atoms with Gasteiger partial charge in [-0.15, -0.1) is 0 Å². The summed E-state index contributed by atoms with van der Waals surface area (Å²) in [6.45, 7) is 4.84. The first-order valence-electron chi connectivity index (χ1n) is 31.9. The molecule has 1 amide bonds. The Morgan fingerprint density at radius 1 is 0.389 bits per heavy atom. The van der Waals surface area contributed by atoms with Crippen molar-refractivity contribution in [2.45, 2.75) is 347 Å². The van der Waals surface area contributed by atoms with Gasteiger partial charge in [0.15, 0.2) is 0 Å². The van der Waals surface area contributed by atoms with Gasteiger partial charge in [0.25, 0.3) is 0 Å². The van der Waals surface area contributed by atoms with Crippen molar-refractivity contribution in [3.05, 3.63) is 48.6 Å². The Hall–Kier alpha value is -2.18. The van der Waals surface area contributed by atoms with Gasteiger partial charge in [-0.2, -0.15) is 0 Å². The zero-order valence-electron chi connectivity index (χ0n) is 48.2. The van der Waals surface area contributed by atoms with Crippen molar-refractivity contribution in [1.29, 1.82) is 0 Å². The normalized spacial score (nSPS) is 12.9. The number of aliphatic hydroxyl groups excluding tert-OH is 2. The van der Waals surface area contributed by atoms with E-state index in [9.17, 15) is 19.8 Å². The van der Waals surface area contributed by atoms with Gasteiger partial charge in [-0.1, -0.05) is 287 Å². The van der Waals surface area contributed by atoms with Crippen molar-refractivity contribution in [2.75, 3.05) is 13.2 Å². The molecule has 0 aromatic heterocycles. The number of carbonyl (C=O) groups is 2. The highest BCUT2D eigenvalue weighted by atomic mass is 16.5. The molecule has 3 N–H and O–H groups in total. The number of nitrogens with one attached hydrogen (secondary N) is 1. The lowest BCUT2D eigenvalue weighted by molar-refractivity contribution is -0.143. The van der Waals surface area contributed by atoms with Gasteiger partial charge in [0, 0.05) is 12.8 Å². The Bertz CT molecular complexity index is 1210. The van der Waals surface area contributed by atoms with Gasteiger partial charge in [-0.25, -0.2) is 0 Å². The van der Waals surface area contributed by atoms with E-state index in [2.05, 4.69) is 55.6 Å². The van der Waals surface area contributed by atoms with E-state index in [-0.39, 0.29) is 18.5 Å². The standard InChI is InChI=1S/C66H123NO5/c1-3-5-7-9-11-13-15-17-18-19-20-22-25-28-31-35-38-42-46-50-54-58-64(69)63(62-68)67-65(70)59-55-51-47-43-39-36-32-29-26-23-21-24-27-30-33-37-41-45-49-53-57-61-72-66(71)60-56-52-48-44-40-34-16-14-12-10-8-6-4-2/h8,10,14,16,23,26,54,58,63-64,68-69H,3-7,9,11-13,15,17-22,24-25,27-53,55-57,59-62H2,1-2H3,(H,67,70)/b10-8-,16-14-,26-23-,58-54+. The summed E-state index contributed by atoms with van der Waals surface area (Å²) in [5, 5.41) is 23.2. The molecule has 0 saturated carbocycles. The predicted octanol–water partition coefficient (Wildman–Crippen LogP) is 20.1. The van der Waals surface area contributed by atoms with E-state index >= 15 is 0 Å². The molecule has 0 spiro atoms. The number of ether oxygens (including phenoxy) is 1. The Morgan fingerprint density at radius 3 is 1.12 bits per heavy atom. The molecule has 0 aliphatic carbocycles. The summed E-state index contributed by atoms with van der Waals surface area (Å²) in [6, 6.07) is -0.635. The van der Waals surface area contributed by atoms with Crippen molar-refractivity contribution in [3.8, 4) is 0 Å². The summed E-state index contributed by atoms with van der Waals surface area (Å²) in [5.74, 6) is -0.0818. The lowest BCUT2D eigenvalue weighted by atomic mass is 10.0. The van der Waals surface area contributed by atoms with Crippen molar-refractivity contribution in [1.82, 2.24) is 5.32 Å². The quantitative estimate of drug-likeness (QED) is 0.0320. The van der Waals surface area contributed by atoms with Crippen LogP contribution < -0.4 is 5.32 Å². The van der Waals surface area contributed by atoms with E-state index < -0.39 is 12.1 Å². The molecule has 0 heterocycles. The van der Waals surface area contributed by atoms with Gasteiger partial charge in [0.1, 0.15) is 0 Å². The number of esters is 1. The fraction of sp³-hybridized carbons (Fsp3) is 0.848. The van der Waals surface area contributed by atoms with E-state index in [0.717, 1.165) is 57.8 Å². The molecule has 0 saturated heterocycles. The lowest BCUT2D eigenvalue weighted by Gasteiger charge is -2.20. The maximum atomic E-state index is 12.5. The molecule has 0 bridgehead atoms. The summed E-state index contributed by atoms with van der Waals surface area (Å²) >= 11 is 0. The van der Waals surface area contributed by atoms with E-state index in [1.807, 2.05) is 6.08 Å². The van der Waals surface area contributed by atoms with Crippen LogP contribution in [0.25, 0.3) is 0 Å². The van der Waals surface area contributed by atoms with Gasteiger partial charge in [0.2, 0.25) is 5.91 Å². The largest absolute Gasteiger partial charge is 0.466 e. The molecule has 0 radical (unpaired) electrons. The maximum absolute atomic E-state index is 12.5. The highest BCUT2D eigenvalue weighted by molar-refractivity contribution is 5.76. The third-order valence-corrected chi connectivity index (χ3v) is 14.5. The number of amides is 1. The van der Waals surface area contributed by atoms with Gasteiger partial charge in [-0.3, -0.25) is 9.59 Å². The number of unbranched alkanes of at least 4 members (excludes halogenated alkanes) is 42. The zero-order chi connectivity index (χ0) is 52.2. The second kappa shape index (κ2) is 61.4. The molecule has 6 nitrogen and oxygen atoms in total. The van der Waals surface area contributed by atoms with Crippen LogP contribution in [0.4, 0.5) is 0 Å². The average Bonchev–Trinajstić information content (AvgIpc) is 3.38. The first-order chi connectivity index (χ1) is 35.5. The monoisotopic (exact) mass is 1010 g/mol. The Labute approximate surface area is 448 Å². The molecule has 0 aliphatic heterocycles. The van der Waals surface area contributed by atoms with Crippen LogP contribution in [0, 0.1) is 0 Å². The minimum Gasteiger partial charge on any atom is -0.466 e. The van der Waals surface area contributed by atoms with Crippen LogP contribution >= 0.6 is 0 Å². The smallest absolute Gasteiger partial charge is 0.305 e. The van der Waals surface area contributed by atoms with Crippen LogP contribution in [0.1, 0.15) is 335 Å². The molecule has 422 valence electrons. The highest BCUT2D eigenvalue weighted by Crippen LogP contribution is 2.17. The van der Waals surface area contributed by atoms with Crippen molar-refractivity contribution < 1.29 is 24.5 Å². The summed E-state index contributed by atoms with van der Waals surface area (Å²) in [4.78, 5) is 24.5. The van der Waals surface area contributed by atoms with E-state index in [1.54, 1.807) is 6.08 Å². The van der Waals surface area contributed by atoms with Gasteiger partial charge < -0.3 is 20.3 Å². The summed E-state index contributed by atoms with van der Waals surface area (Å²) < 4.78 is 5.46. The number of allylic oxidation sites excluding steroid dienone is 7. The Balaban J connectivity index is 3.47. The third kappa shape index (κ3) is 57.1. The molecule has 0 fully saturated rings. The lowest BCUT2D eigenvalue weighted by Crippen LogP contribution is -2.45.